The smallest absolute Gasteiger partial charge is 0.157 e. The van der Waals surface area contributed by atoms with E-state index in [0.717, 1.165) is 36.9 Å². The number of nitrogens with one attached hydrogen (secondary N) is 1. The van der Waals surface area contributed by atoms with Gasteiger partial charge in [0.25, 0.3) is 0 Å². The van der Waals surface area contributed by atoms with E-state index in [1.807, 2.05) is 31.2 Å². The monoisotopic (exact) mass is 281 g/mol. The summed E-state index contributed by atoms with van der Waals surface area (Å²) in [5.74, 6) is 0.184. The lowest BCUT2D eigenvalue weighted by Crippen LogP contribution is -2.28. The Morgan fingerprint density at radius 1 is 1.26 bits per heavy atom. The van der Waals surface area contributed by atoms with E-state index < -0.39 is 9.84 Å². The van der Waals surface area contributed by atoms with E-state index in [0.29, 0.717) is 6.04 Å². The average Bonchev–Trinajstić information content (AvgIpc) is 2.82. The summed E-state index contributed by atoms with van der Waals surface area (Å²) in [5, 5.41) is 3.19. The first-order valence-electron chi connectivity index (χ1n) is 7.02. The fourth-order valence-electron chi connectivity index (χ4n) is 2.85. The molecule has 1 saturated carbocycles. The first-order valence-corrected chi connectivity index (χ1v) is 8.74. The molecule has 0 bridgehead atoms. The van der Waals surface area contributed by atoms with Gasteiger partial charge in [0.15, 0.2) is 9.84 Å². The lowest BCUT2D eigenvalue weighted by atomic mass is 10.1. The van der Waals surface area contributed by atoms with Crippen molar-refractivity contribution < 1.29 is 8.42 Å². The van der Waals surface area contributed by atoms with Crippen molar-refractivity contribution in [1.82, 2.24) is 5.32 Å². The molecule has 1 fully saturated rings. The summed E-state index contributed by atoms with van der Waals surface area (Å²) in [4.78, 5) is 0. The maximum atomic E-state index is 12.5. The molecule has 2 atom stereocenters. The molecule has 0 saturated heterocycles. The zero-order valence-corrected chi connectivity index (χ0v) is 12.5. The molecule has 0 amide bonds. The highest BCUT2D eigenvalue weighted by Gasteiger charge is 2.33. The van der Waals surface area contributed by atoms with E-state index in [9.17, 15) is 8.42 Å². The molecule has 0 radical (unpaired) electrons. The second-order valence-corrected chi connectivity index (χ2v) is 7.70. The van der Waals surface area contributed by atoms with Gasteiger partial charge in [-0.05, 0) is 43.9 Å². The van der Waals surface area contributed by atoms with Crippen LogP contribution in [0.4, 0.5) is 0 Å². The van der Waals surface area contributed by atoms with Gasteiger partial charge in [-0.1, -0.05) is 31.2 Å². The van der Waals surface area contributed by atoms with Crippen LogP contribution in [0.2, 0.25) is 0 Å². The Kier molecular flexibility index (Phi) is 4.63. The Bertz CT molecular complexity index is 525. The SMILES string of the molecule is CCNC1CCC(S(=O)(=O)Cc2ccccc2C)C1. The van der Waals surface area contributed by atoms with Crippen molar-refractivity contribution in [3.63, 3.8) is 0 Å². The van der Waals surface area contributed by atoms with Crippen LogP contribution in [0.25, 0.3) is 0 Å². The minimum absolute atomic E-state index is 0.170. The van der Waals surface area contributed by atoms with E-state index >= 15 is 0 Å². The summed E-state index contributed by atoms with van der Waals surface area (Å²) < 4.78 is 25.0. The highest BCUT2D eigenvalue weighted by atomic mass is 32.2. The van der Waals surface area contributed by atoms with Gasteiger partial charge in [0.2, 0.25) is 0 Å². The van der Waals surface area contributed by atoms with Gasteiger partial charge in [0, 0.05) is 6.04 Å². The first-order chi connectivity index (χ1) is 9.03. The number of rotatable bonds is 5. The quantitative estimate of drug-likeness (QED) is 0.901. The van der Waals surface area contributed by atoms with Crippen LogP contribution < -0.4 is 5.32 Å². The van der Waals surface area contributed by atoms with Gasteiger partial charge in [-0.25, -0.2) is 8.42 Å². The van der Waals surface area contributed by atoms with Crippen molar-refractivity contribution in [2.45, 2.75) is 50.2 Å². The van der Waals surface area contributed by atoms with Crippen molar-refractivity contribution in [3.8, 4) is 0 Å². The third-order valence-electron chi connectivity index (χ3n) is 4.00. The lowest BCUT2D eigenvalue weighted by Gasteiger charge is -2.14. The second kappa shape index (κ2) is 6.06. The standard InChI is InChI=1S/C15H23NO2S/c1-3-16-14-8-9-15(10-14)19(17,18)11-13-7-5-4-6-12(13)2/h4-7,14-16H,3,8-11H2,1-2H3. The Morgan fingerprint density at radius 2 is 2.00 bits per heavy atom. The largest absolute Gasteiger partial charge is 0.314 e. The van der Waals surface area contributed by atoms with E-state index in [1.165, 1.54) is 0 Å². The Hall–Kier alpha value is -0.870. The summed E-state index contributed by atoms with van der Waals surface area (Å²) in [6.45, 7) is 4.95. The summed E-state index contributed by atoms with van der Waals surface area (Å²) in [6, 6.07) is 8.13. The molecule has 0 aromatic heterocycles. The molecule has 0 spiro atoms. The highest BCUT2D eigenvalue weighted by Crippen LogP contribution is 2.28. The predicted octanol–water partition coefficient (Wildman–Crippen LogP) is 2.44. The first kappa shape index (κ1) is 14.5. The Balaban J connectivity index is 2.06. The molecule has 106 valence electrons. The Morgan fingerprint density at radius 3 is 2.68 bits per heavy atom. The average molecular weight is 281 g/mol. The maximum Gasteiger partial charge on any atom is 0.157 e. The summed E-state index contributed by atoms with van der Waals surface area (Å²) in [7, 11) is -3.03. The van der Waals surface area contributed by atoms with Crippen LogP contribution in [-0.4, -0.2) is 26.3 Å². The number of benzene rings is 1. The van der Waals surface area contributed by atoms with Crippen LogP contribution >= 0.6 is 0 Å². The second-order valence-electron chi connectivity index (χ2n) is 5.42. The lowest BCUT2D eigenvalue weighted by molar-refractivity contribution is 0.537. The van der Waals surface area contributed by atoms with Crippen molar-refractivity contribution in [3.05, 3.63) is 35.4 Å². The molecule has 1 aromatic carbocycles. The van der Waals surface area contributed by atoms with Crippen molar-refractivity contribution in [2.75, 3.05) is 6.54 Å². The fraction of sp³-hybridized carbons (Fsp3) is 0.600. The van der Waals surface area contributed by atoms with Crippen LogP contribution in [0.15, 0.2) is 24.3 Å². The third kappa shape index (κ3) is 3.57. The van der Waals surface area contributed by atoms with Crippen molar-refractivity contribution in [2.24, 2.45) is 0 Å². The van der Waals surface area contributed by atoms with Gasteiger partial charge < -0.3 is 5.32 Å². The molecular weight excluding hydrogens is 258 g/mol. The molecule has 0 aliphatic heterocycles. The van der Waals surface area contributed by atoms with Gasteiger partial charge >= 0.3 is 0 Å². The molecule has 0 heterocycles. The van der Waals surface area contributed by atoms with Crippen molar-refractivity contribution >= 4 is 9.84 Å². The Labute approximate surface area is 116 Å². The number of aryl methyl sites for hydroxylation is 1. The molecule has 3 nitrogen and oxygen atoms in total. The minimum Gasteiger partial charge on any atom is -0.314 e. The van der Waals surface area contributed by atoms with E-state index in [-0.39, 0.29) is 11.0 Å². The van der Waals surface area contributed by atoms with Gasteiger partial charge in [0.1, 0.15) is 0 Å². The van der Waals surface area contributed by atoms with Crippen LogP contribution in [-0.2, 0) is 15.6 Å². The van der Waals surface area contributed by atoms with Crippen LogP contribution in [0.3, 0.4) is 0 Å². The number of sulfone groups is 1. The van der Waals surface area contributed by atoms with Crippen molar-refractivity contribution in [1.29, 1.82) is 0 Å². The van der Waals surface area contributed by atoms with E-state index in [4.69, 9.17) is 0 Å². The maximum absolute atomic E-state index is 12.5. The highest BCUT2D eigenvalue weighted by molar-refractivity contribution is 7.91. The molecule has 19 heavy (non-hydrogen) atoms. The molecule has 1 aliphatic carbocycles. The molecule has 1 N–H and O–H groups in total. The van der Waals surface area contributed by atoms with Gasteiger partial charge in [-0.15, -0.1) is 0 Å². The van der Waals surface area contributed by atoms with Gasteiger partial charge in [-0.3, -0.25) is 0 Å². The molecule has 1 aliphatic rings. The molecular formula is C15H23NO2S. The third-order valence-corrected chi connectivity index (χ3v) is 6.16. The molecule has 1 aromatic rings. The summed E-state index contributed by atoms with van der Waals surface area (Å²) in [6.07, 6.45) is 2.54. The van der Waals surface area contributed by atoms with E-state index in [2.05, 4.69) is 12.2 Å². The number of hydrogen-bond donors (Lipinski definition) is 1. The zero-order valence-electron chi connectivity index (χ0n) is 11.7. The predicted molar refractivity (Wildman–Crippen MR) is 78.9 cm³/mol. The molecule has 2 rings (SSSR count). The van der Waals surface area contributed by atoms with Crippen LogP contribution in [0.1, 0.15) is 37.3 Å². The van der Waals surface area contributed by atoms with Gasteiger partial charge in [0.05, 0.1) is 11.0 Å². The molecule has 4 heteroatoms. The topological polar surface area (TPSA) is 46.2 Å². The zero-order chi connectivity index (χ0) is 13.9. The van der Waals surface area contributed by atoms with Crippen LogP contribution in [0.5, 0.6) is 0 Å². The molecule has 2 unspecified atom stereocenters. The normalized spacial score (nSPS) is 23.7. The van der Waals surface area contributed by atoms with E-state index in [1.54, 1.807) is 0 Å². The van der Waals surface area contributed by atoms with Crippen LogP contribution in [0, 0.1) is 6.92 Å². The fourth-order valence-corrected chi connectivity index (χ4v) is 4.86. The van der Waals surface area contributed by atoms with Gasteiger partial charge in [-0.2, -0.15) is 0 Å². The number of hydrogen-bond acceptors (Lipinski definition) is 3. The minimum atomic E-state index is -3.03. The summed E-state index contributed by atoms with van der Waals surface area (Å²) >= 11 is 0. The summed E-state index contributed by atoms with van der Waals surface area (Å²) in [5.41, 5.74) is 2.00.